The summed E-state index contributed by atoms with van der Waals surface area (Å²) in [6, 6.07) is 10.4. The quantitative estimate of drug-likeness (QED) is 0.504. The molecule has 7 nitrogen and oxygen atoms in total. The number of aromatic nitrogens is 2. The first-order valence-corrected chi connectivity index (χ1v) is 12.3. The van der Waals surface area contributed by atoms with Gasteiger partial charge in [0.1, 0.15) is 0 Å². The van der Waals surface area contributed by atoms with Gasteiger partial charge in [-0.25, -0.2) is 4.98 Å². The van der Waals surface area contributed by atoms with Crippen molar-refractivity contribution in [2.75, 3.05) is 27.3 Å². The summed E-state index contributed by atoms with van der Waals surface area (Å²) in [6.07, 6.45) is 2.67. The van der Waals surface area contributed by atoms with Crippen molar-refractivity contribution in [1.29, 1.82) is 0 Å². The zero-order valence-electron chi connectivity index (χ0n) is 21.6. The number of imidazole rings is 1. The topological polar surface area (TPSA) is 70.7 Å². The Balaban J connectivity index is 1.76. The van der Waals surface area contributed by atoms with Gasteiger partial charge in [-0.2, -0.15) is 0 Å². The lowest BCUT2D eigenvalue weighted by Crippen LogP contribution is -2.38. The van der Waals surface area contributed by atoms with Crippen molar-refractivity contribution < 1.29 is 14.3 Å². The minimum Gasteiger partial charge on any atom is -0.493 e. The molecule has 0 radical (unpaired) electrons. The smallest absolute Gasteiger partial charge is 0.253 e. The first-order chi connectivity index (χ1) is 16.9. The second kappa shape index (κ2) is 10.5. The molecule has 1 atom stereocenters. The molecule has 0 spiro atoms. The number of methoxy groups -OCH3 is 2. The summed E-state index contributed by atoms with van der Waals surface area (Å²) in [5.74, 6) is 1.51. The molecule has 2 aromatic carbocycles. The summed E-state index contributed by atoms with van der Waals surface area (Å²) < 4.78 is 11.6. The lowest BCUT2D eigenvalue weighted by molar-refractivity contribution is 0.0773. The van der Waals surface area contributed by atoms with Crippen LogP contribution in [-0.4, -0.2) is 59.0 Å². The predicted octanol–water partition coefficient (Wildman–Crippen LogP) is 4.83. The number of ether oxygens (including phenoxy) is 2. The van der Waals surface area contributed by atoms with Gasteiger partial charge in [-0.05, 0) is 69.0 Å². The van der Waals surface area contributed by atoms with Crippen molar-refractivity contribution in [3.8, 4) is 22.6 Å². The highest BCUT2D eigenvalue weighted by Gasteiger charge is 2.30. The fraction of sp³-hybridized carbons (Fsp3) is 0.429. The molecule has 0 saturated carbocycles. The van der Waals surface area contributed by atoms with E-state index < -0.39 is 0 Å². The maximum absolute atomic E-state index is 12.8. The SMILES string of the molecule is CCN(CC)C(=O)c1ccc(-c2c3c(cc(OC)c2OC)CC(C)N(Cc2[nH]cnc2C)C3)cc1. The highest BCUT2D eigenvalue weighted by Crippen LogP contribution is 2.45. The maximum atomic E-state index is 12.8. The molecule has 4 rings (SSSR count). The van der Waals surface area contributed by atoms with Crippen LogP contribution in [0.25, 0.3) is 11.1 Å². The van der Waals surface area contributed by atoms with Gasteiger partial charge in [0.15, 0.2) is 11.5 Å². The minimum atomic E-state index is 0.0520. The lowest BCUT2D eigenvalue weighted by atomic mass is 9.87. The number of benzene rings is 2. The highest BCUT2D eigenvalue weighted by molar-refractivity contribution is 5.95. The zero-order valence-corrected chi connectivity index (χ0v) is 21.6. The van der Waals surface area contributed by atoms with Crippen LogP contribution in [0.5, 0.6) is 11.5 Å². The molecule has 1 amide bonds. The van der Waals surface area contributed by atoms with Crippen LogP contribution in [0.15, 0.2) is 36.7 Å². The van der Waals surface area contributed by atoms with E-state index in [4.69, 9.17) is 9.47 Å². The number of aromatic amines is 1. The monoisotopic (exact) mass is 476 g/mol. The van der Waals surface area contributed by atoms with Crippen LogP contribution in [0, 0.1) is 6.92 Å². The molecule has 0 fully saturated rings. The minimum absolute atomic E-state index is 0.0520. The van der Waals surface area contributed by atoms with Gasteiger partial charge in [0.25, 0.3) is 5.91 Å². The van der Waals surface area contributed by atoms with E-state index in [0.717, 1.165) is 53.5 Å². The van der Waals surface area contributed by atoms with Crippen LogP contribution in [0.4, 0.5) is 0 Å². The van der Waals surface area contributed by atoms with Crippen molar-refractivity contribution in [3.05, 3.63) is 64.7 Å². The van der Waals surface area contributed by atoms with Crippen molar-refractivity contribution in [2.45, 2.75) is 53.2 Å². The number of aryl methyl sites for hydroxylation is 1. The van der Waals surface area contributed by atoms with Crippen LogP contribution in [-0.2, 0) is 19.5 Å². The van der Waals surface area contributed by atoms with Gasteiger partial charge in [-0.15, -0.1) is 0 Å². The molecule has 1 N–H and O–H groups in total. The van der Waals surface area contributed by atoms with Crippen molar-refractivity contribution in [3.63, 3.8) is 0 Å². The number of H-pyrrole nitrogens is 1. The fourth-order valence-electron chi connectivity index (χ4n) is 5.00. The van der Waals surface area contributed by atoms with Gasteiger partial charge in [-0.3, -0.25) is 9.69 Å². The largest absolute Gasteiger partial charge is 0.493 e. The zero-order chi connectivity index (χ0) is 25.1. The third kappa shape index (κ3) is 4.78. The van der Waals surface area contributed by atoms with Crippen LogP contribution < -0.4 is 9.47 Å². The van der Waals surface area contributed by atoms with Crippen LogP contribution in [0.3, 0.4) is 0 Å². The van der Waals surface area contributed by atoms with E-state index in [1.807, 2.05) is 49.9 Å². The predicted molar refractivity (Wildman–Crippen MR) is 138 cm³/mol. The number of hydrogen-bond donors (Lipinski definition) is 1. The molecule has 1 aliphatic rings. The average Bonchev–Trinajstić information content (AvgIpc) is 3.28. The molecule has 35 heavy (non-hydrogen) atoms. The Morgan fingerprint density at radius 1 is 1.17 bits per heavy atom. The molecule has 0 bridgehead atoms. The van der Waals surface area contributed by atoms with Crippen molar-refractivity contribution >= 4 is 5.91 Å². The molecule has 2 heterocycles. The lowest BCUT2D eigenvalue weighted by Gasteiger charge is -2.36. The third-order valence-corrected chi connectivity index (χ3v) is 7.14. The normalized spacial score (nSPS) is 15.5. The van der Waals surface area contributed by atoms with E-state index in [9.17, 15) is 4.79 Å². The number of carbonyl (C=O) groups excluding carboxylic acids is 1. The molecule has 1 unspecified atom stereocenters. The standard InChI is InChI=1S/C28H36N4O3/c1-7-31(8-2)28(33)21-11-9-20(10-12-21)26-23-15-32(16-24-19(4)29-17-30-24)18(3)13-22(23)14-25(34-5)27(26)35-6/h9-12,14,17-18H,7-8,13,15-16H2,1-6H3,(H,29,30). The second-order valence-electron chi connectivity index (χ2n) is 9.10. The maximum Gasteiger partial charge on any atom is 0.253 e. The first-order valence-electron chi connectivity index (χ1n) is 12.3. The Labute approximate surface area is 208 Å². The van der Waals surface area contributed by atoms with Crippen LogP contribution in [0.2, 0.25) is 0 Å². The summed E-state index contributed by atoms with van der Waals surface area (Å²) in [5.41, 5.74) is 7.41. The van der Waals surface area contributed by atoms with E-state index in [-0.39, 0.29) is 5.91 Å². The molecular weight excluding hydrogens is 440 g/mol. The van der Waals surface area contributed by atoms with E-state index in [2.05, 4.69) is 27.9 Å². The molecule has 0 saturated heterocycles. The molecule has 7 heteroatoms. The van der Waals surface area contributed by atoms with Gasteiger partial charge < -0.3 is 19.4 Å². The summed E-state index contributed by atoms with van der Waals surface area (Å²) in [5, 5.41) is 0. The third-order valence-electron chi connectivity index (χ3n) is 7.14. The van der Waals surface area contributed by atoms with Crippen molar-refractivity contribution in [1.82, 2.24) is 19.8 Å². The van der Waals surface area contributed by atoms with E-state index in [1.54, 1.807) is 20.5 Å². The molecule has 186 valence electrons. The van der Waals surface area contributed by atoms with Gasteiger partial charge in [0.05, 0.1) is 31.9 Å². The summed E-state index contributed by atoms with van der Waals surface area (Å²) in [7, 11) is 3.36. The van der Waals surface area contributed by atoms with E-state index in [0.29, 0.717) is 24.7 Å². The Morgan fingerprint density at radius 3 is 2.46 bits per heavy atom. The highest BCUT2D eigenvalue weighted by atomic mass is 16.5. The van der Waals surface area contributed by atoms with Crippen LogP contribution >= 0.6 is 0 Å². The number of carbonyl (C=O) groups is 1. The van der Waals surface area contributed by atoms with Gasteiger partial charge in [0, 0.05) is 43.3 Å². The van der Waals surface area contributed by atoms with Gasteiger partial charge in [-0.1, -0.05) is 12.1 Å². The Hall–Kier alpha value is -3.32. The number of fused-ring (bicyclic) bond motifs is 1. The molecule has 0 aliphatic carbocycles. The second-order valence-corrected chi connectivity index (χ2v) is 9.10. The van der Waals surface area contributed by atoms with Crippen LogP contribution in [0.1, 0.15) is 53.6 Å². The molecule has 1 aliphatic heterocycles. The summed E-state index contributed by atoms with van der Waals surface area (Å²) >= 11 is 0. The Bertz CT molecular complexity index is 1180. The number of rotatable bonds is 8. The first kappa shape index (κ1) is 24.8. The fourth-order valence-corrected chi connectivity index (χ4v) is 5.00. The molecular formula is C28H36N4O3. The number of amides is 1. The van der Waals surface area contributed by atoms with E-state index >= 15 is 0 Å². The Morgan fingerprint density at radius 2 is 1.89 bits per heavy atom. The summed E-state index contributed by atoms with van der Waals surface area (Å²) in [6.45, 7) is 11.3. The van der Waals surface area contributed by atoms with Gasteiger partial charge >= 0.3 is 0 Å². The number of nitrogens with one attached hydrogen (secondary N) is 1. The Kier molecular flexibility index (Phi) is 7.45. The average molecular weight is 477 g/mol. The molecule has 3 aromatic rings. The van der Waals surface area contributed by atoms with E-state index in [1.165, 1.54) is 11.1 Å². The number of nitrogens with zero attached hydrogens (tertiary/aromatic N) is 3. The number of hydrogen-bond acceptors (Lipinski definition) is 5. The van der Waals surface area contributed by atoms with Gasteiger partial charge in [0.2, 0.25) is 0 Å². The van der Waals surface area contributed by atoms with Crippen molar-refractivity contribution in [2.24, 2.45) is 0 Å². The molecule has 1 aromatic heterocycles. The summed E-state index contributed by atoms with van der Waals surface area (Å²) in [4.78, 5) is 24.8.